The van der Waals surface area contributed by atoms with E-state index < -0.39 is 17.8 Å². The number of ketones is 2. The van der Waals surface area contributed by atoms with E-state index in [1.807, 2.05) is 43.3 Å². The number of hydrogen-bond donors (Lipinski definition) is 0. The summed E-state index contributed by atoms with van der Waals surface area (Å²) in [5.74, 6) is -2.22. The normalized spacial score (nSPS) is 15.6. The number of esters is 1. The Hall–Kier alpha value is -3.47. The topological polar surface area (TPSA) is 69.7 Å². The van der Waals surface area contributed by atoms with Gasteiger partial charge in [-0.05, 0) is 45.4 Å². The molecule has 0 spiro atoms. The van der Waals surface area contributed by atoms with Crippen molar-refractivity contribution in [3.05, 3.63) is 82.6 Å². The Morgan fingerprint density at radius 2 is 1.65 bits per heavy atom. The summed E-state index contributed by atoms with van der Waals surface area (Å²) in [6.45, 7) is 6.62. The van der Waals surface area contributed by atoms with Gasteiger partial charge >= 0.3 is 5.97 Å². The molecule has 1 heterocycles. The van der Waals surface area contributed by atoms with E-state index in [9.17, 15) is 14.4 Å². The first-order valence-corrected chi connectivity index (χ1v) is 10.3. The van der Waals surface area contributed by atoms with Gasteiger partial charge in [0.15, 0.2) is 0 Å². The largest absolute Gasteiger partial charge is 0.463 e. The molecule has 2 aromatic rings. The van der Waals surface area contributed by atoms with Crippen molar-refractivity contribution in [2.24, 2.45) is 5.92 Å². The van der Waals surface area contributed by atoms with Gasteiger partial charge in [-0.15, -0.1) is 0 Å². The molecule has 0 amide bonds. The average Bonchev–Trinajstić information content (AvgIpc) is 2.73. The third-order valence-corrected chi connectivity index (χ3v) is 5.26. The van der Waals surface area contributed by atoms with Gasteiger partial charge in [0.1, 0.15) is 23.1 Å². The highest BCUT2D eigenvalue weighted by atomic mass is 16.5. The van der Waals surface area contributed by atoms with Crippen LogP contribution in [0.1, 0.15) is 43.4 Å². The monoisotopic (exact) mass is 418 g/mol. The van der Waals surface area contributed by atoms with Gasteiger partial charge in [-0.25, -0.2) is 4.79 Å². The Kier molecular flexibility index (Phi) is 6.85. The number of aryl methyl sites for hydroxylation is 1. The molecule has 0 fully saturated rings. The number of benzene rings is 2. The third kappa shape index (κ3) is 4.82. The molecular weight excluding hydrogens is 392 g/mol. The summed E-state index contributed by atoms with van der Waals surface area (Å²) in [6, 6.07) is 15.0. The highest BCUT2D eigenvalue weighted by Crippen LogP contribution is 2.45. The van der Waals surface area contributed by atoms with Crippen molar-refractivity contribution in [2.45, 2.75) is 33.6 Å². The number of allylic oxidation sites excluding steroid dienone is 1. The SMILES string of the molecule is CCOC(=O)C1=C(/C=C/c2ccc(C)cc2)Oc2ccccc2C1C(C(C)=O)C(C)=O. The zero-order valence-corrected chi connectivity index (χ0v) is 18.2. The number of Topliss-reactive ketones (excluding diaryl/α,β-unsaturated/α-hetero) is 2. The highest BCUT2D eigenvalue weighted by molar-refractivity contribution is 6.04. The zero-order valence-electron chi connectivity index (χ0n) is 18.2. The molecule has 1 unspecified atom stereocenters. The van der Waals surface area contributed by atoms with E-state index in [0.717, 1.165) is 11.1 Å². The maximum Gasteiger partial charge on any atom is 0.338 e. The van der Waals surface area contributed by atoms with E-state index in [1.54, 1.807) is 31.2 Å². The molecule has 0 N–H and O–H groups in total. The summed E-state index contributed by atoms with van der Waals surface area (Å²) in [6.07, 6.45) is 3.52. The van der Waals surface area contributed by atoms with Gasteiger partial charge in [-0.1, -0.05) is 54.1 Å². The summed E-state index contributed by atoms with van der Waals surface area (Å²) >= 11 is 0. The second kappa shape index (κ2) is 9.56. The second-order valence-electron chi connectivity index (χ2n) is 7.56. The lowest BCUT2D eigenvalue weighted by Crippen LogP contribution is -2.34. The van der Waals surface area contributed by atoms with Crippen LogP contribution in [0.3, 0.4) is 0 Å². The predicted molar refractivity (Wildman–Crippen MR) is 119 cm³/mol. The summed E-state index contributed by atoms with van der Waals surface area (Å²) in [7, 11) is 0. The molecule has 5 nitrogen and oxygen atoms in total. The average molecular weight is 418 g/mol. The Labute approximate surface area is 182 Å². The fourth-order valence-electron chi connectivity index (χ4n) is 3.82. The number of fused-ring (bicyclic) bond motifs is 1. The van der Waals surface area contributed by atoms with Crippen molar-refractivity contribution in [3.8, 4) is 5.75 Å². The second-order valence-corrected chi connectivity index (χ2v) is 7.56. The zero-order chi connectivity index (χ0) is 22.5. The van der Waals surface area contributed by atoms with Crippen molar-refractivity contribution >= 4 is 23.6 Å². The molecule has 1 aliphatic rings. The fourth-order valence-corrected chi connectivity index (χ4v) is 3.82. The maximum absolute atomic E-state index is 13.0. The van der Waals surface area contributed by atoms with Gasteiger partial charge in [-0.3, -0.25) is 9.59 Å². The first-order chi connectivity index (χ1) is 14.8. The minimum atomic E-state index is -1.01. The van der Waals surface area contributed by atoms with Gasteiger partial charge in [0.25, 0.3) is 0 Å². The van der Waals surface area contributed by atoms with Crippen LogP contribution in [0.15, 0.2) is 65.9 Å². The number of ether oxygens (including phenoxy) is 2. The first-order valence-electron chi connectivity index (χ1n) is 10.3. The van der Waals surface area contributed by atoms with Gasteiger partial charge < -0.3 is 9.47 Å². The third-order valence-electron chi connectivity index (χ3n) is 5.26. The number of carbonyl (C=O) groups excluding carboxylic acids is 3. The van der Waals surface area contributed by atoms with Crippen LogP contribution in [0.25, 0.3) is 6.08 Å². The molecule has 3 rings (SSSR count). The molecule has 2 aromatic carbocycles. The van der Waals surface area contributed by atoms with E-state index in [4.69, 9.17) is 9.47 Å². The van der Waals surface area contributed by atoms with Crippen molar-refractivity contribution in [1.29, 1.82) is 0 Å². The molecule has 160 valence electrons. The molecule has 0 aromatic heterocycles. The van der Waals surface area contributed by atoms with Gasteiger partial charge in [0.2, 0.25) is 0 Å². The molecule has 0 aliphatic carbocycles. The molecule has 0 bridgehead atoms. The van der Waals surface area contributed by atoms with Crippen LogP contribution in [-0.4, -0.2) is 24.1 Å². The summed E-state index contributed by atoms with van der Waals surface area (Å²) < 4.78 is 11.4. The molecule has 31 heavy (non-hydrogen) atoms. The molecular formula is C26H26O5. The number of rotatable bonds is 7. The van der Waals surface area contributed by atoms with E-state index in [1.165, 1.54) is 13.8 Å². The van der Waals surface area contributed by atoms with Crippen molar-refractivity contribution < 1.29 is 23.9 Å². The standard InChI is InChI=1S/C26H26O5/c1-5-30-26(29)25-22(15-14-19-12-10-16(2)11-13-19)31-21-9-7-6-8-20(21)24(25)23(17(3)27)18(4)28/h6-15,23-24H,5H2,1-4H3/b15-14+. The minimum absolute atomic E-state index is 0.163. The smallest absolute Gasteiger partial charge is 0.338 e. The molecule has 1 aliphatic heterocycles. The van der Waals surface area contributed by atoms with Gasteiger partial charge in [-0.2, -0.15) is 0 Å². The Bertz CT molecular complexity index is 1050. The maximum atomic E-state index is 13.0. The summed E-state index contributed by atoms with van der Waals surface area (Å²) in [5.41, 5.74) is 2.86. The lowest BCUT2D eigenvalue weighted by Gasteiger charge is -2.32. The van der Waals surface area contributed by atoms with Crippen LogP contribution in [0, 0.1) is 12.8 Å². The number of carbonyl (C=O) groups is 3. The van der Waals surface area contributed by atoms with Crippen LogP contribution in [0.4, 0.5) is 0 Å². The van der Waals surface area contributed by atoms with E-state index >= 15 is 0 Å². The van der Waals surface area contributed by atoms with Crippen molar-refractivity contribution in [1.82, 2.24) is 0 Å². The lowest BCUT2D eigenvalue weighted by molar-refractivity contribution is -0.139. The Balaban J connectivity index is 2.20. The van der Waals surface area contributed by atoms with E-state index in [-0.39, 0.29) is 29.5 Å². The number of para-hydroxylation sites is 1. The van der Waals surface area contributed by atoms with Crippen LogP contribution in [0.2, 0.25) is 0 Å². The van der Waals surface area contributed by atoms with E-state index in [0.29, 0.717) is 11.3 Å². The molecule has 0 saturated heterocycles. The Morgan fingerprint density at radius 1 is 1.00 bits per heavy atom. The molecule has 0 radical (unpaired) electrons. The molecule has 0 saturated carbocycles. The number of hydrogen-bond acceptors (Lipinski definition) is 5. The van der Waals surface area contributed by atoms with Gasteiger partial charge in [0.05, 0.1) is 18.1 Å². The van der Waals surface area contributed by atoms with E-state index in [2.05, 4.69) is 0 Å². The van der Waals surface area contributed by atoms with Crippen molar-refractivity contribution in [3.63, 3.8) is 0 Å². The Morgan fingerprint density at radius 3 is 2.26 bits per heavy atom. The lowest BCUT2D eigenvalue weighted by atomic mass is 9.74. The molecule has 1 atom stereocenters. The van der Waals surface area contributed by atoms with Crippen LogP contribution in [0.5, 0.6) is 5.75 Å². The minimum Gasteiger partial charge on any atom is -0.463 e. The predicted octanol–water partition coefficient (Wildman–Crippen LogP) is 4.80. The summed E-state index contributed by atoms with van der Waals surface area (Å²) in [4.78, 5) is 38.0. The van der Waals surface area contributed by atoms with Crippen molar-refractivity contribution in [2.75, 3.05) is 6.61 Å². The summed E-state index contributed by atoms with van der Waals surface area (Å²) in [5, 5.41) is 0. The van der Waals surface area contributed by atoms with Crippen LogP contribution < -0.4 is 4.74 Å². The first kappa shape index (κ1) is 22.2. The fraction of sp³-hybridized carbons (Fsp3) is 0.269. The van der Waals surface area contributed by atoms with Crippen LogP contribution in [-0.2, 0) is 19.1 Å². The quantitative estimate of drug-likeness (QED) is 0.477. The molecule has 5 heteroatoms. The highest BCUT2D eigenvalue weighted by Gasteiger charge is 2.42. The van der Waals surface area contributed by atoms with Crippen LogP contribution >= 0.6 is 0 Å². The van der Waals surface area contributed by atoms with Gasteiger partial charge in [0, 0.05) is 11.5 Å².